The van der Waals surface area contributed by atoms with Gasteiger partial charge < -0.3 is 5.11 Å². The summed E-state index contributed by atoms with van der Waals surface area (Å²) in [6.45, 7) is 0.317. The van der Waals surface area contributed by atoms with Crippen molar-refractivity contribution in [3.8, 4) is 0 Å². The van der Waals surface area contributed by atoms with Crippen LogP contribution in [0.5, 0.6) is 0 Å². The number of nitrogens with zero attached hydrogens (tertiary/aromatic N) is 3. The zero-order chi connectivity index (χ0) is 12.5. The first-order chi connectivity index (χ1) is 8.75. The van der Waals surface area contributed by atoms with E-state index in [0.29, 0.717) is 16.6 Å². The number of aromatic nitrogens is 2. The number of hydrogen-bond donors (Lipinski definition) is 1. The van der Waals surface area contributed by atoms with Gasteiger partial charge in [-0.25, -0.2) is 5.06 Å². The molecule has 1 saturated heterocycles. The number of amides is 1. The van der Waals surface area contributed by atoms with Crippen molar-refractivity contribution in [1.29, 1.82) is 0 Å². The topological polar surface area (TPSA) is 75.6 Å². The molecule has 1 N–H and O–H groups in total. The lowest BCUT2D eigenvalue weighted by Gasteiger charge is -2.14. The van der Waals surface area contributed by atoms with Gasteiger partial charge in [-0.05, 0) is 12.1 Å². The standard InChI is InChI=1S/C12H11N3O3/c16-8-6-15(18-7-8)12(17)9-2-1-3-10-11(9)14-5-4-13-10/h1-5,8,16H,6-7H2/t8-/m1/s1. The fraction of sp³-hybridized carbons (Fsp3) is 0.250. The number of β-amino-alcohol motifs (C(OH)–C–C–N with tert-alkyl or cyclic N) is 1. The molecule has 1 aromatic carbocycles. The molecule has 3 rings (SSSR count). The first-order valence-electron chi connectivity index (χ1n) is 5.58. The van der Waals surface area contributed by atoms with Gasteiger partial charge >= 0.3 is 0 Å². The number of aliphatic hydroxyl groups excluding tert-OH is 1. The molecule has 1 atom stereocenters. The molecule has 1 amide bonds. The van der Waals surface area contributed by atoms with Crippen molar-refractivity contribution in [2.45, 2.75) is 6.10 Å². The smallest absolute Gasteiger partial charge is 0.279 e. The molecule has 0 spiro atoms. The van der Waals surface area contributed by atoms with Crippen LogP contribution in [-0.2, 0) is 4.84 Å². The fourth-order valence-corrected chi connectivity index (χ4v) is 1.91. The predicted octanol–water partition coefficient (Wildman–Crippen LogP) is 0.378. The van der Waals surface area contributed by atoms with E-state index < -0.39 is 6.10 Å². The lowest BCUT2D eigenvalue weighted by molar-refractivity contribution is -0.0778. The Bertz CT molecular complexity index is 597. The van der Waals surface area contributed by atoms with Crippen molar-refractivity contribution in [1.82, 2.24) is 15.0 Å². The van der Waals surface area contributed by atoms with E-state index in [4.69, 9.17) is 4.84 Å². The zero-order valence-corrected chi connectivity index (χ0v) is 9.48. The van der Waals surface area contributed by atoms with Crippen LogP contribution in [0.25, 0.3) is 11.0 Å². The molecule has 0 aliphatic carbocycles. The largest absolute Gasteiger partial charge is 0.389 e. The number of para-hydroxylation sites is 1. The van der Waals surface area contributed by atoms with Gasteiger partial charge in [-0.1, -0.05) is 6.07 Å². The monoisotopic (exact) mass is 245 g/mol. The molecule has 0 bridgehead atoms. The molecule has 0 radical (unpaired) electrons. The van der Waals surface area contributed by atoms with Crippen molar-refractivity contribution in [2.75, 3.05) is 13.2 Å². The van der Waals surface area contributed by atoms with Gasteiger partial charge in [0.2, 0.25) is 0 Å². The zero-order valence-electron chi connectivity index (χ0n) is 9.48. The summed E-state index contributed by atoms with van der Waals surface area (Å²) in [5.41, 5.74) is 1.62. The Morgan fingerprint density at radius 2 is 2.22 bits per heavy atom. The Balaban J connectivity index is 2.01. The minimum absolute atomic E-state index is 0.141. The molecule has 2 heterocycles. The van der Waals surface area contributed by atoms with E-state index in [-0.39, 0.29) is 19.1 Å². The Morgan fingerprint density at radius 1 is 1.39 bits per heavy atom. The van der Waals surface area contributed by atoms with Crippen molar-refractivity contribution >= 4 is 16.9 Å². The van der Waals surface area contributed by atoms with Crippen LogP contribution in [0.4, 0.5) is 0 Å². The van der Waals surface area contributed by atoms with Crippen LogP contribution >= 0.6 is 0 Å². The molecule has 1 aliphatic rings. The second-order valence-electron chi connectivity index (χ2n) is 4.05. The Kier molecular flexibility index (Phi) is 2.66. The third kappa shape index (κ3) is 1.81. The summed E-state index contributed by atoms with van der Waals surface area (Å²) in [6.07, 6.45) is 2.49. The van der Waals surface area contributed by atoms with Crippen LogP contribution in [-0.4, -0.2) is 45.3 Å². The van der Waals surface area contributed by atoms with Crippen LogP contribution in [0.3, 0.4) is 0 Å². The highest BCUT2D eigenvalue weighted by atomic mass is 16.7. The molecule has 6 heteroatoms. The highest BCUT2D eigenvalue weighted by Crippen LogP contribution is 2.18. The van der Waals surface area contributed by atoms with Gasteiger partial charge in [0.25, 0.3) is 5.91 Å². The van der Waals surface area contributed by atoms with Crippen molar-refractivity contribution in [2.24, 2.45) is 0 Å². The summed E-state index contributed by atoms with van der Waals surface area (Å²) in [5, 5.41) is 10.5. The molecule has 1 aliphatic heterocycles. The number of hydrogen-bond acceptors (Lipinski definition) is 5. The lowest BCUT2D eigenvalue weighted by atomic mass is 10.1. The second-order valence-corrected chi connectivity index (χ2v) is 4.05. The van der Waals surface area contributed by atoms with E-state index in [0.717, 1.165) is 5.06 Å². The molecule has 1 aromatic heterocycles. The van der Waals surface area contributed by atoms with Crippen molar-refractivity contribution in [3.63, 3.8) is 0 Å². The normalized spacial score (nSPS) is 19.4. The predicted molar refractivity (Wildman–Crippen MR) is 62.5 cm³/mol. The quantitative estimate of drug-likeness (QED) is 0.786. The molecule has 1 fully saturated rings. The highest BCUT2D eigenvalue weighted by Gasteiger charge is 2.28. The van der Waals surface area contributed by atoms with Crippen LogP contribution in [0.2, 0.25) is 0 Å². The number of aliphatic hydroxyl groups is 1. The summed E-state index contributed by atoms with van der Waals surface area (Å²) in [4.78, 5) is 25.7. The summed E-state index contributed by atoms with van der Waals surface area (Å²) in [6, 6.07) is 5.21. The van der Waals surface area contributed by atoms with E-state index in [1.165, 1.54) is 0 Å². The number of carbonyl (C=O) groups excluding carboxylic acids is 1. The maximum Gasteiger partial charge on any atom is 0.279 e. The maximum atomic E-state index is 12.2. The SMILES string of the molecule is O=C(c1cccc2nccnc12)N1C[C@@H](O)CO1. The first-order valence-corrected chi connectivity index (χ1v) is 5.58. The van der Waals surface area contributed by atoms with Gasteiger partial charge in [-0.15, -0.1) is 0 Å². The Morgan fingerprint density at radius 3 is 3.00 bits per heavy atom. The first kappa shape index (κ1) is 11.1. The van der Waals surface area contributed by atoms with Crippen molar-refractivity contribution < 1.29 is 14.7 Å². The summed E-state index contributed by atoms with van der Waals surface area (Å²) >= 11 is 0. The molecule has 2 aromatic rings. The van der Waals surface area contributed by atoms with E-state index in [1.807, 2.05) is 0 Å². The van der Waals surface area contributed by atoms with E-state index >= 15 is 0 Å². The van der Waals surface area contributed by atoms with Gasteiger partial charge in [0.1, 0.15) is 18.2 Å². The minimum atomic E-state index is -0.630. The van der Waals surface area contributed by atoms with Gasteiger partial charge in [-0.2, -0.15) is 0 Å². The number of carbonyl (C=O) groups is 1. The Hall–Kier alpha value is -2.05. The summed E-state index contributed by atoms with van der Waals surface area (Å²) < 4.78 is 0. The number of fused-ring (bicyclic) bond motifs is 1. The van der Waals surface area contributed by atoms with Crippen molar-refractivity contribution in [3.05, 3.63) is 36.2 Å². The van der Waals surface area contributed by atoms with E-state index in [1.54, 1.807) is 30.6 Å². The number of hydroxylamine groups is 2. The van der Waals surface area contributed by atoms with Crippen LogP contribution in [0.15, 0.2) is 30.6 Å². The molecule has 0 saturated carbocycles. The van der Waals surface area contributed by atoms with Crippen LogP contribution < -0.4 is 0 Å². The summed E-state index contributed by atoms with van der Waals surface area (Å²) in [5.74, 6) is -0.308. The average Bonchev–Trinajstić information content (AvgIpc) is 2.84. The molecule has 92 valence electrons. The highest BCUT2D eigenvalue weighted by molar-refractivity contribution is 6.04. The minimum Gasteiger partial charge on any atom is -0.389 e. The summed E-state index contributed by atoms with van der Waals surface area (Å²) in [7, 11) is 0. The fourth-order valence-electron chi connectivity index (χ4n) is 1.91. The van der Waals surface area contributed by atoms with Crippen LogP contribution in [0.1, 0.15) is 10.4 Å². The second kappa shape index (κ2) is 4.32. The lowest BCUT2D eigenvalue weighted by Crippen LogP contribution is -2.28. The maximum absolute atomic E-state index is 12.2. The van der Waals surface area contributed by atoms with Gasteiger partial charge in [0.05, 0.1) is 17.6 Å². The number of rotatable bonds is 1. The molecule has 6 nitrogen and oxygen atoms in total. The molecular weight excluding hydrogens is 234 g/mol. The van der Waals surface area contributed by atoms with E-state index in [2.05, 4.69) is 9.97 Å². The van der Waals surface area contributed by atoms with Crippen LogP contribution in [0, 0.1) is 0 Å². The third-order valence-corrected chi connectivity index (χ3v) is 2.75. The molecular formula is C12H11N3O3. The molecule has 0 unspecified atom stereocenters. The third-order valence-electron chi connectivity index (χ3n) is 2.75. The van der Waals surface area contributed by atoms with Gasteiger partial charge in [0, 0.05) is 12.4 Å². The van der Waals surface area contributed by atoms with Gasteiger partial charge in [-0.3, -0.25) is 19.6 Å². The van der Waals surface area contributed by atoms with Gasteiger partial charge in [0.15, 0.2) is 0 Å². The van der Waals surface area contributed by atoms with E-state index in [9.17, 15) is 9.90 Å². The Labute approximate surface area is 103 Å². The average molecular weight is 245 g/mol. The molecule has 18 heavy (non-hydrogen) atoms. The number of benzene rings is 1.